The van der Waals surface area contributed by atoms with Crippen molar-refractivity contribution in [2.75, 3.05) is 12.8 Å². The van der Waals surface area contributed by atoms with Crippen LogP contribution in [0.15, 0.2) is 12.1 Å². The first-order valence-electron chi connectivity index (χ1n) is 5.69. The average molecular weight is 276 g/mol. The second-order valence-electron chi connectivity index (χ2n) is 4.49. The lowest BCUT2D eigenvalue weighted by Gasteiger charge is -2.41. The molecule has 1 aromatic rings. The van der Waals surface area contributed by atoms with E-state index in [-0.39, 0.29) is 0 Å². The summed E-state index contributed by atoms with van der Waals surface area (Å²) >= 11 is 9.64. The molecule has 16 heavy (non-hydrogen) atoms. The van der Waals surface area contributed by atoms with Crippen LogP contribution >= 0.6 is 34.7 Å². The van der Waals surface area contributed by atoms with E-state index in [4.69, 9.17) is 11.6 Å². The van der Waals surface area contributed by atoms with Crippen LogP contribution in [0.25, 0.3) is 0 Å². The molecule has 1 atom stereocenters. The van der Waals surface area contributed by atoms with E-state index in [1.165, 1.54) is 24.1 Å². The van der Waals surface area contributed by atoms with Crippen LogP contribution in [0.4, 0.5) is 0 Å². The third-order valence-corrected chi connectivity index (χ3v) is 6.28. The van der Waals surface area contributed by atoms with Gasteiger partial charge in [-0.3, -0.25) is 0 Å². The van der Waals surface area contributed by atoms with Gasteiger partial charge in [0.1, 0.15) is 0 Å². The monoisotopic (exact) mass is 275 g/mol. The highest BCUT2D eigenvalue weighted by molar-refractivity contribution is 8.00. The number of rotatable bonds is 5. The summed E-state index contributed by atoms with van der Waals surface area (Å²) in [7, 11) is 0. The van der Waals surface area contributed by atoms with Gasteiger partial charge in [0.25, 0.3) is 0 Å². The van der Waals surface area contributed by atoms with Gasteiger partial charge in [-0.25, -0.2) is 0 Å². The van der Waals surface area contributed by atoms with Crippen molar-refractivity contribution < 1.29 is 0 Å². The minimum absolute atomic E-state index is 0.419. The lowest BCUT2D eigenvalue weighted by molar-refractivity contribution is 0.335. The fourth-order valence-electron chi connectivity index (χ4n) is 2.02. The van der Waals surface area contributed by atoms with Gasteiger partial charge in [-0.2, -0.15) is 11.8 Å². The maximum absolute atomic E-state index is 5.95. The first kappa shape index (κ1) is 12.7. The van der Waals surface area contributed by atoms with Gasteiger partial charge in [-0.1, -0.05) is 18.0 Å². The van der Waals surface area contributed by atoms with E-state index in [1.807, 2.05) is 17.8 Å². The first-order valence-corrected chi connectivity index (χ1v) is 8.11. The molecule has 1 aliphatic rings. The maximum Gasteiger partial charge on any atom is 0.0931 e. The van der Waals surface area contributed by atoms with Crippen LogP contribution in [-0.4, -0.2) is 17.5 Å². The normalized spacial score (nSPS) is 20.4. The molecule has 0 amide bonds. The molecule has 1 aromatic heterocycles. The van der Waals surface area contributed by atoms with Crippen LogP contribution < -0.4 is 5.32 Å². The molecule has 0 aromatic carbocycles. The SMILES string of the molecule is CSC1(CNC(C)c2ccc(Cl)s2)CCC1. The Morgan fingerprint density at radius 3 is 2.75 bits per heavy atom. The van der Waals surface area contributed by atoms with Crippen molar-refractivity contribution in [1.29, 1.82) is 0 Å². The zero-order valence-corrected chi connectivity index (χ0v) is 12.1. The second kappa shape index (κ2) is 5.30. The molecule has 1 nitrogen and oxygen atoms in total. The largest absolute Gasteiger partial charge is 0.308 e. The lowest BCUT2D eigenvalue weighted by Crippen LogP contribution is -2.43. The topological polar surface area (TPSA) is 12.0 Å². The Bertz CT molecular complexity index is 341. The smallest absolute Gasteiger partial charge is 0.0931 e. The van der Waals surface area contributed by atoms with Crippen LogP contribution in [0.2, 0.25) is 4.34 Å². The van der Waals surface area contributed by atoms with Gasteiger partial charge in [0.2, 0.25) is 0 Å². The molecular formula is C12H18ClNS2. The van der Waals surface area contributed by atoms with Crippen LogP contribution in [0.5, 0.6) is 0 Å². The third kappa shape index (κ3) is 2.76. The standard InChI is InChI=1S/C12H18ClNS2/c1-9(10-4-5-11(13)16-10)14-8-12(15-2)6-3-7-12/h4-5,9,14H,3,6-8H2,1-2H3. The predicted octanol–water partition coefficient (Wildman–Crippen LogP) is 4.34. The van der Waals surface area contributed by atoms with E-state index in [0.29, 0.717) is 10.8 Å². The van der Waals surface area contributed by atoms with Crippen LogP contribution in [-0.2, 0) is 0 Å². The van der Waals surface area contributed by atoms with Gasteiger partial charge in [-0.15, -0.1) is 11.3 Å². The number of thiophene rings is 1. The van der Waals surface area contributed by atoms with E-state index in [1.54, 1.807) is 11.3 Å². The number of thioether (sulfide) groups is 1. The molecule has 0 spiro atoms. The molecule has 90 valence electrons. The number of hydrogen-bond donors (Lipinski definition) is 1. The molecule has 1 unspecified atom stereocenters. The van der Waals surface area contributed by atoms with Gasteiger partial charge in [0, 0.05) is 22.2 Å². The molecule has 0 bridgehead atoms. The zero-order chi connectivity index (χ0) is 11.6. The number of hydrogen-bond acceptors (Lipinski definition) is 3. The molecule has 1 fully saturated rings. The molecular weight excluding hydrogens is 258 g/mol. The fraction of sp³-hybridized carbons (Fsp3) is 0.667. The van der Waals surface area contributed by atoms with E-state index in [9.17, 15) is 0 Å². The summed E-state index contributed by atoms with van der Waals surface area (Å²) in [4.78, 5) is 1.33. The molecule has 2 rings (SSSR count). The first-order chi connectivity index (χ1) is 7.65. The summed E-state index contributed by atoms with van der Waals surface area (Å²) in [6, 6.07) is 4.52. The molecule has 1 saturated carbocycles. The zero-order valence-electron chi connectivity index (χ0n) is 9.75. The second-order valence-corrected chi connectivity index (χ2v) is 7.51. The van der Waals surface area contributed by atoms with E-state index < -0.39 is 0 Å². The minimum atomic E-state index is 0.419. The van der Waals surface area contributed by atoms with Gasteiger partial charge < -0.3 is 5.32 Å². The maximum atomic E-state index is 5.95. The number of halogens is 1. The Kier molecular flexibility index (Phi) is 4.22. The molecule has 0 aliphatic heterocycles. The lowest BCUT2D eigenvalue weighted by atomic mass is 9.84. The summed E-state index contributed by atoms with van der Waals surface area (Å²) in [5, 5.41) is 3.64. The minimum Gasteiger partial charge on any atom is -0.308 e. The fourth-order valence-corrected chi connectivity index (χ4v) is 4.04. The summed E-state index contributed by atoms with van der Waals surface area (Å²) < 4.78 is 1.39. The van der Waals surface area contributed by atoms with Gasteiger partial charge in [0.05, 0.1) is 4.34 Å². The van der Waals surface area contributed by atoms with Crippen molar-refractivity contribution in [3.63, 3.8) is 0 Å². The van der Waals surface area contributed by atoms with Crippen LogP contribution in [0.3, 0.4) is 0 Å². The molecule has 0 saturated heterocycles. The van der Waals surface area contributed by atoms with Gasteiger partial charge in [0.15, 0.2) is 0 Å². The van der Waals surface area contributed by atoms with Gasteiger partial charge >= 0.3 is 0 Å². The molecule has 1 heterocycles. The number of nitrogens with one attached hydrogen (secondary N) is 1. The average Bonchev–Trinajstić information content (AvgIpc) is 2.64. The Hall–Kier alpha value is 0.300. The predicted molar refractivity (Wildman–Crippen MR) is 75.8 cm³/mol. The van der Waals surface area contributed by atoms with Gasteiger partial charge in [-0.05, 0) is 38.2 Å². The molecule has 4 heteroatoms. The van der Waals surface area contributed by atoms with E-state index in [0.717, 1.165) is 10.9 Å². The Morgan fingerprint density at radius 2 is 2.31 bits per heavy atom. The van der Waals surface area contributed by atoms with Crippen molar-refractivity contribution >= 4 is 34.7 Å². The van der Waals surface area contributed by atoms with E-state index in [2.05, 4.69) is 24.6 Å². The quantitative estimate of drug-likeness (QED) is 0.858. The van der Waals surface area contributed by atoms with Crippen molar-refractivity contribution in [3.05, 3.63) is 21.3 Å². The van der Waals surface area contributed by atoms with Crippen molar-refractivity contribution in [2.24, 2.45) is 0 Å². The molecule has 0 radical (unpaired) electrons. The Labute approximate surface area is 111 Å². The third-order valence-electron chi connectivity index (χ3n) is 3.45. The molecule has 1 aliphatic carbocycles. The summed E-state index contributed by atoms with van der Waals surface area (Å²) in [5.74, 6) is 0. The van der Waals surface area contributed by atoms with Crippen LogP contribution in [0, 0.1) is 0 Å². The Morgan fingerprint density at radius 1 is 1.56 bits per heavy atom. The highest BCUT2D eigenvalue weighted by Gasteiger charge is 2.35. The van der Waals surface area contributed by atoms with E-state index >= 15 is 0 Å². The molecule has 1 N–H and O–H groups in total. The Balaban J connectivity index is 1.86. The highest BCUT2D eigenvalue weighted by atomic mass is 35.5. The van der Waals surface area contributed by atoms with Crippen molar-refractivity contribution in [2.45, 2.75) is 37.0 Å². The summed E-state index contributed by atoms with van der Waals surface area (Å²) in [5.41, 5.74) is 0. The highest BCUT2D eigenvalue weighted by Crippen LogP contribution is 2.42. The van der Waals surface area contributed by atoms with Crippen molar-refractivity contribution in [3.8, 4) is 0 Å². The van der Waals surface area contributed by atoms with Crippen LogP contribution in [0.1, 0.15) is 37.1 Å². The van der Waals surface area contributed by atoms with Crippen molar-refractivity contribution in [1.82, 2.24) is 5.32 Å². The summed E-state index contributed by atoms with van der Waals surface area (Å²) in [6.45, 7) is 3.33. The summed E-state index contributed by atoms with van der Waals surface area (Å²) in [6.07, 6.45) is 6.34.